The molecule has 3 rings (SSSR count). The van der Waals surface area contributed by atoms with E-state index < -0.39 is 11.9 Å². The van der Waals surface area contributed by atoms with Crippen LogP contribution in [0.2, 0.25) is 0 Å². The fourth-order valence-corrected chi connectivity index (χ4v) is 2.41. The number of ether oxygens (including phenoxy) is 2. The molecular weight excluding hydrogens is 352 g/mol. The summed E-state index contributed by atoms with van der Waals surface area (Å²) in [7, 11) is 0. The number of carbonyl (C=O) groups is 2. The lowest BCUT2D eigenvalue weighted by atomic mass is 10.2. The van der Waals surface area contributed by atoms with E-state index in [1.807, 2.05) is 6.92 Å². The Hall–Kier alpha value is -3.69. The van der Waals surface area contributed by atoms with E-state index in [4.69, 9.17) is 15.2 Å². The van der Waals surface area contributed by atoms with E-state index in [1.165, 1.54) is 10.7 Å². The maximum Gasteiger partial charge on any atom is 0.343 e. The molecule has 0 bridgehead atoms. The van der Waals surface area contributed by atoms with Gasteiger partial charge in [-0.1, -0.05) is 12.1 Å². The summed E-state index contributed by atoms with van der Waals surface area (Å²) >= 11 is 0. The highest BCUT2D eigenvalue weighted by molar-refractivity contribution is 6.06. The minimum atomic E-state index is -0.593. The van der Waals surface area contributed by atoms with Crippen LogP contribution in [0.15, 0.2) is 30.5 Å². The van der Waals surface area contributed by atoms with Gasteiger partial charge in [0.15, 0.2) is 17.2 Å². The lowest BCUT2D eigenvalue weighted by Gasteiger charge is -2.11. The van der Waals surface area contributed by atoms with Crippen molar-refractivity contribution in [1.82, 2.24) is 19.8 Å². The Balaban J connectivity index is 1.92. The highest BCUT2D eigenvalue weighted by Crippen LogP contribution is 2.25. The van der Waals surface area contributed by atoms with Crippen LogP contribution >= 0.6 is 0 Å². The summed E-state index contributed by atoms with van der Waals surface area (Å²) in [5.74, 6) is -0.710. The molecule has 2 heterocycles. The third-order valence-electron chi connectivity index (χ3n) is 3.60. The van der Waals surface area contributed by atoms with Gasteiger partial charge in [0, 0.05) is 0 Å². The molecule has 0 unspecified atom stereocenters. The SMILES string of the molecule is CCOC(=O)c1cnn2c(N)c(C(=O)Nc3ccccc3OCC)nnc12. The van der Waals surface area contributed by atoms with Crippen molar-refractivity contribution in [1.29, 1.82) is 0 Å². The summed E-state index contributed by atoms with van der Waals surface area (Å²) in [6.45, 7) is 4.19. The van der Waals surface area contributed by atoms with Crippen molar-refractivity contribution in [3.05, 3.63) is 41.7 Å². The molecule has 0 radical (unpaired) electrons. The number of fused-ring (bicyclic) bond motifs is 1. The molecule has 0 saturated heterocycles. The summed E-state index contributed by atoms with van der Waals surface area (Å²) in [6.07, 6.45) is 1.27. The van der Waals surface area contributed by atoms with E-state index in [1.54, 1.807) is 31.2 Å². The van der Waals surface area contributed by atoms with Crippen LogP contribution in [0.1, 0.15) is 34.7 Å². The van der Waals surface area contributed by atoms with Crippen molar-refractivity contribution in [2.45, 2.75) is 13.8 Å². The van der Waals surface area contributed by atoms with Crippen molar-refractivity contribution >= 4 is 29.0 Å². The molecule has 0 aliphatic carbocycles. The number of amides is 1. The average molecular weight is 370 g/mol. The van der Waals surface area contributed by atoms with E-state index >= 15 is 0 Å². The first-order chi connectivity index (χ1) is 13.1. The molecule has 10 nitrogen and oxygen atoms in total. The summed E-state index contributed by atoms with van der Waals surface area (Å²) in [5.41, 5.74) is 6.57. The van der Waals surface area contributed by atoms with Gasteiger partial charge in [-0.15, -0.1) is 10.2 Å². The summed E-state index contributed by atoms with van der Waals surface area (Å²) in [4.78, 5) is 24.5. The van der Waals surface area contributed by atoms with Crippen LogP contribution in [0.3, 0.4) is 0 Å². The van der Waals surface area contributed by atoms with Crippen LogP contribution in [0, 0.1) is 0 Å². The zero-order valence-electron chi connectivity index (χ0n) is 14.8. The molecule has 0 atom stereocenters. The molecule has 0 fully saturated rings. The van der Waals surface area contributed by atoms with Gasteiger partial charge in [0.25, 0.3) is 5.91 Å². The highest BCUT2D eigenvalue weighted by atomic mass is 16.5. The Morgan fingerprint density at radius 1 is 1.19 bits per heavy atom. The first-order valence-electron chi connectivity index (χ1n) is 8.27. The van der Waals surface area contributed by atoms with Gasteiger partial charge in [-0.25, -0.2) is 4.79 Å². The number of hydrogen-bond donors (Lipinski definition) is 2. The minimum absolute atomic E-state index is 0.0538. The molecule has 1 amide bonds. The fourth-order valence-electron chi connectivity index (χ4n) is 2.41. The van der Waals surface area contributed by atoms with E-state index in [2.05, 4.69) is 20.6 Å². The number of nitrogen functional groups attached to an aromatic ring is 1. The Bertz CT molecular complexity index is 1000. The van der Waals surface area contributed by atoms with Crippen molar-refractivity contribution in [3.8, 4) is 5.75 Å². The molecule has 27 heavy (non-hydrogen) atoms. The number of anilines is 2. The Morgan fingerprint density at radius 2 is 1.96 bits per heavy atom. The maximum atomic E-state index is 12.6. The van der Waals surface area contributed by atoms with Crippen LogP contribution in [0.5, 0.6) is 5.75 Å². The van der Waals surface area contributed by atoms with Crippen molar-refractivity contribution < 1.29 is 19.1 Å². The summed E-state index contributed by atoms with van der Waals surface area (Å²) < 4.78 is 11.6. The molecule has 0 spiro atoms. The lowest BCUT2D eigenvalue weighted by Crippen LogP contribution is -2.20. The number of nitrogens with one attached hydrogen (secondary N) is 1. The third-order valence-corrected chi connectivity index (χ3v) is 3.60. The van der Waals surface area contributed by atoms with Crippen LogP contribution < -0.4 is 15.8 Å². The number of nitrogens with two attached hydrogens (primary N) is 1. The smallest absolute Gasteiger partial charge is 0.343 e. The molecule has 140 valence electrons. The molecule has 2 aromatic heterocycles. The minimum Gasteiger partial charge on any atom is -0.492 e. The van der Waals surface area contributed by atoms with Crippen LogP contribution in [0.25, 0.3) is 5.65 Å². The second kappa shape index (κ2) is 7.68. The number of rotatable bonds is 6. The normalized spacial score (nSPS) is 10.6. The van der Waals surface area contributed by atoms with E-state index in [9.17, 15) is 9.59 Å². The number of carbonyl (C=O) groups excluding carboxylic acids is 2. The standard InChI is InChI=1S/C17H18N6O4/c1-3-26-12-8-6-5-7-11(12)20-16(24)13-14(18)23-15(22-21-13)10(9-19-23)17(25)27-4-2/h5-9H,3-4,18H2,1-2H3,(H,20,24). The predicted molar refractivity (Wildman–Crippen MR) is 96.7 cm³/mol. The van der Waals surface area contributed by atoms with E-state index in [-0.39, 0.29) is 29.3 Å². The number of esters is 1. The van der Waals surface area contributed by atoms with Crippen LogP contribution in [-0.2, 0) is 4.74 Å². The molecule has 0 aliphatic heterocycles. The van der Waals surface area contributed by atoms with Gasteiger partial charge in [-0.05, 0) is 26.0 Å². The quantitative estimate of drug-likeness (QED) is 0.624. The summed E-state index contributed by atoms with van der Waals surface area (Å²) in [6, 6.07) is 6.98. The van der Waals surface area contributed by atoms with Crippen molar-refractivity contribution in [2.75, 3.05) is 24.3 Å². The Labute approximate surface area is 154 Å². The zero-order chi connectivity index (χ0) is 19.4. The first kappa shape index (κ1) is 18.1. The van der Waals surface area contributed by atoms with Crippen LogP contribution in [-0.4, -0.2) is 44.9 Å². The molecule has 3 N–H and O–H groups in total. The molecule has 0 saturated carbocycles. The largest absolute Gasteiger partial charge is 0.492 e. The van der Waals surface area contributed by atoms with Gasteiger partial charge in [-0.3, -0.25) is 4.79 Å². The van der Waals surface area contributed by atoms with E-state index in [0.717, 1.165) is 0 Å². The summed E-state index contributed by atoms with van der Waals surface area (Å²) in [5, 5.41) is 14.5. The number of benzene rings is 1. The van der Waals surface area contributed by atoms with Gasteiger partial charge in [0.2, 0.25) is 0 Å². The number of para-hydroxylation sites is 2. The molecule has 1 aromatic carbocycles. The molecular formula is C17H18N6O4. The van der Waals surface area contributed by atoms with Gasteiger partial charge in [-0.2, -0.15) is 9.61 Å². The lowest BCUT2D eigenvalue weighted by molar-refractivity contribution is 0.0528. The number of aromatic nitrogens is 4. The third kappa shape index (κ3) is 3.50. The first-order valence-corrected chi connectivity index (χ1v) is 8.27. The predicted octanol–water partition coefficient (Wildman–Crippen LogP) is 1.53. The molecule has 3 aromatic rings. The average Bonchev–Trinajstić information content (AvgIpc) is 3.09. The van der Waals surface area contributed by atoms with Crippen molar-refractivity contribution in [3.63, 3.8) is 0 Å². The second-order valence-corrected chi connectivity index (χ2v) is 5.33. The second-order valence-electron chi connectivity index (χ2n) is 5.33. The zero-order valence-corrected chi connectivity index (χ0v) is 14.8. The van der Waals surface area contributed by atoms with Gasteiger partial charge in [0.05, 0.1) is 25.1 Å². The van der Waals surface area contributed by atoms with Crippen LogP contribution in [0.4, 0.5) is 11.5 Å². The van der Waals surface area contributed by atoms with Gasteiger partial charge >= 0.3 is 5.97 Å². The van der Waals surface area contributed by atoms with Gasteiger partial charge < -0.3 is 20.5 Å². The molecule has 0 aliphatic rings. The van der Waals surface area contributed by atoms with Crippen molar-refractivity contribution in [2.24, 2.45) is 0 Å². The Kier molecular flexibility index (Phi) is 5.15. The Morgan fingerprint density at radius 3 is 2.70 bits per heavy atom. The molecule has 10 heteroatoms. The fraction of sp³-hybridized carbons (Fsp3) is 0.235. The maximum absolute atomic E-state index is 12.6. The van der Waals surface area contributed by atoms with E-state index in [0.29, 0.717) is 18.0 Å². The topological polar surface area (TPSA) is 134 Å². The van der Waals surface area contributed by atoms with Gasteiger partial charge in [0.1, 0.15) is 11.3 Å². The number of hydrogen-bond acceptors (Lipinski definition) is 8. The monoisotopic (exact) mass is 370 g/mol. The number of nitrogens with zero attached hydrogens (tertiary/aromatic N) is 4. The highest BCUT2D eigenvalue weighted by Gasteiger charge is 2.22.